The number of ether oxygens (including phenoxy) is 1. The molecule has 0 radical (unpaired) electrons. The van der Waals surface area contributed by atoms with Gasteiger partial charge in [0.25, 0.3) is 5.91 Å². The molecule has 4 rings (SSSR count). The molecule has 2 aliphatic heterocycles. The summed E-state index contributed by atoms with van der Waals surface area (Å²) in [5.41, 5.74) is 4.26. The van der Waals surface area contributed by atoms with Crippen molar-refractivity contribution in [3.8, 4) is 5.75 Å². The van der Waals surface area contributed by atoms with Gasteiger partial charge in [-0.05, 0) is 68.0 Å². The molecule has 0 bridgehead atoms. The van der Waals surface area contributed by atoms with Crippen LogP contribution >= 0.6 is 11.6 Å². The summed E-state index contributed by atoms with van der Waals surface area (Å²) < 4.78 is 5.49. The average molecular weight is 415 g/mol. The molecule has 0 saturated carbocycles. The lowest BCUT2D eigenvalue weighted by Crippen LogP contribution is -2.57. The minimum Gasteiger partial charge on any atom is -0.496 e. The maximum atomic E-state index is 12.9. The van der Waals surface area contributed by atoms with Gasteiger partial charge in [0.1, 0.15) is 5.75 Å². The Balaban J connectivity index is 1.52. The lowest BCUT2D eigenvalue weighted by atomic mass is 9.86. The molecular weight excluding hydrogens is 388 g/mol. The number of methoxy groups -OCH3 is 1. The van der Waals surface area contributed by atoms with Crippen molar-refractivity contribution in [2.45, 2.75) is 45.2 Å². The molecule has 1 aromatic heterocycles. The summed E-state index contributed by atoms with van der Waals surface area (Å²) in [6, 6.07) is 8.33. The van der Waals surface area contributed by atoms with Gasteiger partial charge in [-0.25, -0.2) is 0 Å². The number of carbonyl (C=O) groups is 1. The van der Waals surface area contributed by atoms with Crippen molar-refractivity contribution in [1.82, 2.24) is 20.0 Å². The van der Waals surface area contributed by atoms with E-state index in [1.165, 1.54) is 23.1 Å². The fraction of sp³-hybridized carbons (Fsp3) is 0.500. The highest BCUT2D eigenvalue weighted by Crippen LogP contribution is 2.39. The number of carbonyl (C=O) groups excluding carboxylic acids is 1. The Kier molecular flexibility index (Phi) is 5.74. The van der Waals surface area contributed by atoms with Crippen molar-refractivity contribution < 1.29 is 9.53 Å². The standard InChI is InChI=1S/C22H27ClN4O2/c1-14-15(2)20(29-3)9-7-17(14)19-6-4-5-16-13-26(11-12-27(16)19)22(28)18-8-10-21(23)25-24-18/h7-10,16,19H,4-6,11-13H2,1-3H3. The van der Waals surface area contributed by atoms with Crippen LogP contribution in [0.25, 0.3) is 0 Å². The van der Waals surface area contributed by atoms with Gasteiger partial charge in [0.15, 0.2) is 10.8 Å². The van der Waals surface area contributed by atoms with Crippen molar-refractivity contribution in [1.29, 1.82) is 0 Å². The number of piperidine rings is 1. The van der Waals surface area contributed by atoms with Crippen LogP contribution in [0.3, 0.4) is 0 Å². The van der Waals surface area contributed by atoms with E-state index in [2.05, 4.69) is 41.1 Å². The van der Waals surface area contributed by atoms with Crippen molar-refractivity contribution in [2.24, 2.45) is 0 Å². The Morgan fingerprint density at radius 1 is 1.10 bits per heavy atom. The number of hydrogen-bond donors (Lipinski definition) is 0. The van der Waals surface area contributed by atoms with Crippen molar-refractivity contribution in [2.75, 3.05) is 26.7 Å². The summed E-state index contributed by atoms with van der Waals surface area (Å²) in [6.07, 6.45) is 3.43. The first-order chi connectivity index (χ1) is 14.0. The molecular formula is C22H27ClN4O2. The van der Waals surface area contributed by atoms with E-state index < -0.39 is 0 Å². The van der Waals surface area contributed by atoms with Gasteiger partial charge in [-0.15, -0.1) is 10.2 Å². The summed E-state index contributed by atoms with van der Waals surface area (Å²) in [5, 5.41) is 8.06. The van der Waals surface area contributed by atoms with Crippen LogP contribution in [0, 0.1) is 13.8 Å². The van der Waals surface area contributed by atoms with Crippen LogP contribution < -0.4 is 4.74 Å². The Morgan fingerprint density at radius 2 is 1.93 bits per heavy atom. The van der Waals surface area contributed by atoms with Crippen molar-refractivity contribution in [3.05, 3.63) is 51.8 Å². The largest absolute Gasteiger partial charge is 0.496 e. The molecule has 0 N–H and O–H groups in total. The predicted molar refractivity (Wildman–Crippen MR) is 112 cm³/mol. The summed E-state index contributed by atoms with van der Waals surface area (Å²) in [7, 11) is 1.72. The third-order valence-corrected chi connectivity index (χ3v) is 6.64. The zero-order valence-corrected chi connectivity index (χ0v) is 17.9. The summed E-state index contributed by atoms with van der Waals surface area (Å²) in [4.78, 5) is 17.4. The number of hydrogen-bond acceptors (Lipinski definition) is 5. The number of piperazine rings is 1. The number of rotatable bonds is 3. The van der Waals surface area contributed by atoms with Crippen LogP contribution in [-0.4, -0.2) is 58.7 Å². The van der Waals surface area contributed by atoms with Gasteiger partial charge in [-0.3, -0.25) is 9.69 Å². The molecule has 2 saturated heterocycles. The normalized spacial score (nSPS) is 22.3. The monoisotopic (exact) mass is 414 g/mol. The second kappa shape index (κ2) is 8.28. The van der Waals surface area contributed by atoms with E-state index in [1.54, 1.807) is 19.2 Å². The molecule has 7 heteroatoms. The Morgan fingerprint density at radius 3 is 2.66 bits per heavy atom. The molecule has 2 aliphatic rings. The van der Waals surface area contributed by atoms with E-state index >= 15 is 0 Å². The first-order valence-corrected chi connectivity index (χ1v) is 10.6. The van der Waals surface area contributed by atoms with E-state index in [0.717, 1.165) is 31.7 Å². The van der Waals surface area contributed by atoms with Crippen molar-refractivity contribution >= 4 is 17.5 Å². The van der Waals surface area contributed by atoms with Crippen LogP contribution in [0.4, 0.5) is 0 Å². The van der Waals surface area contributed by atoms with Crippen LogP contribution in [0.5, 0.6) is 5.75 Å². The fourth-order valence-corrected chi connectivity index (χ4v) is 4.86. The summed E-state index contributed by atoms with van der Waals surface area (Å²) in [5.74, 6) is 0.880. The smallest absolute Gasteiger partial charge is 0.274 e. The summed E-state index contributed by atoms with van der Waals surface area (Å²) >= 11 is 5.80. The van der Waals surface area contributed by atoms with Crippen LogP contribution in [0.1, 0.15) is 52.5 Å². The molecule has 2 aromatic rings. The highest BCUT2D eigenvalue weighted by Gasteiger charge is 2.38. The van der Waals surface area contributed by atoms with E-state index in [-0.39, 0.29) is 5.91 Å². The first-order valence-electron chi connectivity index (χ1n) is 10.2. The second-order valence-electron chi connectivity index (χ2n) is 7.94. The maximum Gasteiger partial charge on any atom is 0.274 e. The van der Waals surface area contributed by atoms with E-state index in [9.17, 15) is 4.79 Å². The molecule has 1 aromatic carbocycles. The van der Waals surface area contributed by atoms with Gasteiger partial charge >= 0.3 is 0 Å². The zero-order valence-electron chi connectivity index (χ0n) is 17.2. The quantitative estimate of drug-likeness (QED) is 0.764. The molecule has 154 valence electrons. The van der Waals surface area contributed by atoms with Gasteiger partial charge in [-0.1, -0.05) is 17.7 Å². The molecule has 2 fully saturated rings. The minimum atomic E-state index is -0.0626. The summed E-state index contributed by atoms with van der Waals surface area (Å²) in [6.45, 7) is 6.61. The maximum absolute atomic E-state index is 12.9. The lowest BCUT2D eigenvalue weighted by molar-refractivity contribution is 0.00984. The van der Waals surface area contributed by atoms with Gasteiger partial charge in [0.2, 0.25) is 0 Å². The first kappa shape index (κ1) is 20.1. The predicted octanol–water partition coefficient (Wildman–Crippen LogP) is 3.81. The second-order valence-corrected chi connectivity index (χ2v) is 8.33. The van der Waals surface area contributed by atoms with Gasteiger partial charge < -0.3 is 9.64 Å². The van der Waals surface area contributed by atoms with Gasteiger partial charge in [0.05, 0.1) is 7.11 Å². The molecule has 1 amide bonds. The SMILES string of the molecule is COc1ccc(C2CCCC3CN(C(=O)c4ccc(Cl)nn4)CCN32)c(C)c1C. The average Bonchev–Trinajstić information content (AvgIpc) is 2.75. The number of halogens is 1. The molecule has 29 heavy (non-hydrogen) atoms. The Labute approximate surface area is 176 Å². The fourth-order valence-electron chi connectivity index (χ4n) is 4.76. The third-order valence-electron chi connectivity index (χ3n) is 6.44. The molecule has 6 nitrogen and oxygen atoms in total. The highest BCUT2D eigenvalue weighted by molar-refractivity contribution is 6.29. The minimum absolute atomic E-state index is 0.0626. The van der Waals surface area contributed by atoms with Crippen LogP contribution in [0.15, 0.2) is 24.3 Å². The van der Waals surface area contributed by atoms with Gasteiger partial charge in [-0.2, -0.15) is 0 Å². The number of aromatic nitrogens is 2. The molecule has 0 aliphatic carbocycles. The van der Waals surface area contributed by atoms with Crippen LogP contribution in [0.2, 0.25) is 5.15 Å². The Bertz CT molecular complexity index is 902. The van der Waals surface area contributed by atoms with E-state index in [1.807, 2.05) is 4.90 Å². The van der Waals surface area contributed by atoms with Crippen molar-refractivity contribution in [3.63, 3.8) is 0 Å². The number of benzene rings is 1. The van der Waals surface area contributed by atoms with E-state index in [4.69, 9.17) is 16.3 Å². The molecule has 3 heterocycles. The molecule has 0 spiro atoms. The Hall–Kier alpha value is -2.18. The number of fused-ring (bicyclic) bond motifs is 1. The molecule has 2 atom stereocenters. The molecule has 2 unspecified atom stereocenters. The van der Waals surface area contributed by atoms with E-state index in [0.29, 0.717) is 29.5 Å². The topological polar surface area (TPSA) is 58.6 Å². The lowest BCUT2D eigenvalue weighted by Gasteiger charge is -2.48. The number of amides is 1. The zero-order chi connectivity index (χ0) is 20.5. The number of nitrogens with zero attached hydrogens (tertiary/aromatic N) is 4. The van der Waals surface area contributed by atoms with Crippen LogP contribution in [-0.2, 0) is 0 Å². The van der Waals surface area contributed by atoms with Gasteiger partial charge in [0, 0.05) is 31.7 Å². The third kappa shape index (κ3) is 3.83. The highest BCUT2D eigenvalue weighted by atomic mass is 35.5.